The van der Waals surface area contributed by atoms with Gasteiger partial charge >= 0.3 is 5.97 Å². The number of esters is 1. The fourth-order valence-electron chi connectivity index (χ4n) is 3.39. The van der Waals surface area contributed by atoms with Crippen LogP contribution in [0.4, 0.5) is 17.1 Å². The van der Waals surface area contributed by atoms with Crippen LogP contribution in [0.2, 0.25) is 0 Å². The van der Waals surface area contributed by atoms with E-state index < -0.39 is 0 Å². The Morgan fingerprint density at radius 2 is 1.59 bits per heavy atom. The van der Waals surface area contributed by atoms with E-state index in [1.54, 1.807) is 19.1 Å². The van der Waals surface area contributed by atoms with Crippen LogP contribution in [0, 0.1) is 0 Å². The second-order valence-electron chi connectivity index (χ2n) is 7.12. The molecule has 0 bridgehead atoms. The van der Waals surface area contributed by atoms with E-state index in [0.717, 1.165) is 24.5 Å². The summed E-state index contributed by atoms with van der Waals surface area (Å²) in [5.74, 6) is -0.365. The van der Waals surface area contributed by atoms with Gasteiger partial charge in [0.2, 0.25) is 5.91 Å². The summed E-state index contributed by atoms with van der Waals surface area (Å²) in [6.07, 6.45) is 4.16. The van der Waals surface area contributed by atoms with Gasteiger partial charge in [0.1, 0.15) is 0 Å². The van der Waals surface area contributed by atoms with Crippen molar-refractivity contribution < 1.29 is 14.3 Å². The lowest BCUT2D eigenvalue weighted by Crippen LogP contribution is -2.29. The molecule has 1 aliphatic heterocycles. The molecule has 1 fully saturated rings. The SMILES string of the molecule is CCOC(=O)c1ccc(NCCC(=O)Nc2ccc(N3CCCCC3)cc2)cc1. The first-order valence-electron chi connectivity index (χ1n) is 10.3. The topological polar surface area (TPSA) is 70.7 Å². The van der Waals surface area contributed by atoms with Crippen LogP contribution in [0.15, 0.2) is 48.5 Å². The Hall–Kier alpha value is -3.02. The molecule has 1 amide bonds. The van der Waals surface area contributed by atoms with Crippen LogP contribution >= 0.6 is 0 Å². The van der Waals surface area contributed by atoms with Gasteiger partial charge in [-0.2, -0.15) is 0 Å². The molecule has 0 atom stereocenters. The number of hydrogen-bond acceptors (Lipinski definition) is 5. The van der Waals surface area contributed by atoms with Gasteiger partial charge in [0, 0.05) is 43.1 Å². The van der Waals surface area contributed by atoms with Crippen LogP contribution in [0.5, 0.6) is 0 Å². The highest BCUT2D eigenvalue weighted by Crippen LogP contribution is 2.21. The molecule has 0 spiro atoms. The van der Waals surface area contributed by atoms with Crippen LogP contribution in [0.3, 0.4) is 0 Å². The van der Waals surface area contributed by atoms with Crippen molar-refractivity contribution in [3.8, 4) is 0 Å². The summed E-state index contributed by atoms with van der Waals surface area (Å²) in [5.41, 5.74) is 3.41. The van der Waals surface area contributed by atoms with Crippen LogP contribution in [-0.4, -0.2) is 38.1 Å². The largest absolute Gasteiger partial charge is 0.462 e. The third-order valence-electron chi connectivity index (χ3n) is 4.95. The first-order valence-corrected chi connectivity index (χ1v) is 10.3. The number of benzene rings is 2. The standard InChI is InChI=1S/C23H29N3O3/c1-2-29-23(28)18-6-8-19(9-7-18)24-15-14-22(27)25-20-10-12-21(13-11-20)26-16-4-3-5-17-26/h6-13,24H,2-5,14-17H2,1H3,(H,25,27). The van der Waals surface area contributed by atoms with Crippen LogP contribution in [0.1, 0.15) is 43.0 Å². The predicted octanol–water partition coefficient (Wildman–Crippen LogP) is 4.29. The molecule has 0 aliphatic carbocycles. The second kappa shape index (κ2) is 10.5. The minimum absolute atomic E-state index is 0.0358. The molecule has 0 aromatic heterocycles. The third kappa shape index (κ3) is 6.24. The first-order chi connectivity index (χ1) is 14.2. The van der Waals surface area contributed by atoms with Crippen molar-refractivity contribution in [1.29, 1.82) is 0 Å². The van der Waals surface area contributed by atoms with Gasteiger partial charge in [-0.3, -0.25) is 4.79 Å². The molecule has 2 aromatic carbocycles. The van der Waals surface area contributed by atoms with Gasteiger partial charge in [0.25, 0.3) is 0 Å². The van der Waals surface area contributed by atoms with E-state index in [9.17, 15) is 9.59 Å². The molecule has 29 heavy (non-hydrogen) atoms. The fourth-order valence-corrected chi connectivity index (χ4v) is 3.39. The first kappa shape index (κ1) is 20.7. The van der Waals surface area contributed by atoms with Gasteiger partial charge in [-0.15, -0.1) is 0 Å². The summed E-state index contributed by atoms with van der Waals surface area (Å²) in [7, 11) is 0. The average molecular weight is 396 g/mol. The van der Waals surface area contributed by atoms with E-state index in [2.05, 4.69) is 27.7 Å². The number of carbonyl (C=O) groups is 2. The highest BCUT2D eigenvalue weighted by Gasteiger charge is 2.11. The Labute approximate surface area is 172 Å². The fraction of sp³-hybridized carbons (Fsp3) is 0.391. The average Bonchev–Trinajstić information content (AvgIpc) is 2.75. The molecule has 0 saturated carbocycles. The molecular formula is C23H29N3O3. The highest BCUT2D eigenvalue weighted by atomic mass is 16.5. The van der Waals surface area contributed by atoms with E-state index in [1.807, 2.05) is 24.3 Å². The number of carbonyl (C=O) groups excluding carboxylic acids is 2. The van der Waals surface area contributed by atoms with Crippen LogP contribution in [-0.2, 0) is 9.53 Å². The molecule has 1 saturated heterocycles. The van der Waals surface area contributed by atoms with Crippen LogP contribution in [0.25, 0.3) is 0 Å². The third-order valence-corrected chi connectivity index (χ3v) is 4.95. The Morgan fingerprint density at radius 1 is 0.931 bits per heavy atom. The summed E-state index contributed by atoms with van der Waals surface area (Å²) < 4.78 is 4.96. The summed E-state index contributed by atoms with van der Waals surface area (Å²) in [6.45, 7) is 4.86. The smallest absolute Gasteiger partial charge is 0.338 e. The monoisotopic (exact) mass is 395 g/mol. The quantitative estimate of drug-likeness (QED) is 0.653. The summed E-state index contributed by atoms with van der Waals surface area (Å²) in [6, 6.07) is 15.1. The van der Waals surface area contributed by atoms with Gasteiger partial charge in [-0.25, -0.2) is 4.79 Å². The van der Waals surface area contributed by atoms with Crippen molar-refractivity contribution in [2.45, 2.75) is 32.6 Å². The van der Waals surface area contributed by atoms with Gasteiger partial charge in [-0.1, -0.05) is 0 Å². The zero-order valence-electron chi connectivity index (χ0n) is 16.9. The molecule has 0 unspecified atom stereocenters. The van der Waals surface area contributed by atoms with Gasteiger partial charge in [-0.05, 0) is 74.7 Å². The number of nitrogens with one attached hydrogen (secondary N) is 2. The van der Waals surface area contributed by atoms with E-state index in [0.29, 0.717) is 25.1 Å². The molecule has 3 rings (SSSR count). The van der Waals surface area contributed by atoms with Gasteiger partial charge < -0.3 is 20.3 Å². The Morgan fingerprint density at radius 3 is 2.24 bits per heavy atom. The van der Waals surface area contributed by atoms with Gasteiger partial charge in [0.05, 0.1) is 12.2 Å². The van der Waals surface area contributed by atoms with Crippen LogP contribution < -0.4 is 15.5 Å². The molecule has 2 aromatic rings. The minimum atomic E-state index is -0.329. The predicted molar refractivity (Wildman–Crippen MR) is 117 cm³/mol. The summed E-state index contributed by atoms with van der Waals surface area (Å²) in [5, 5.41) is 6.13. The lowest BCUT2D eigenvalue weighted by Gasteiger charge is -2.28. The van der Waals surface area contributed by atoms with Gasteiger partial charge in [0.15, 0.2) is 0 Å². The summed E-state index contributed by atoms with van der Waals surface area (Å²) in [4.78, 5) is 26.2. The molecule has 2 N–H and O–H groups in total. The number of piperidine rings is 1. The Balaban J connectivity index is 1.41. The molecule has 1 heterocycles. The number of amides is 1. The van der Waals surface area contributed by atoms with Crippen molar-refractivity contribution in [2.75, 3.05) is 41.8 Å². The number of nitrogens with zero attached hydrogens (tertiary/aromatic N) is 1. The maximum atomic E-state index is 12.2. The van der Waals surface area contributed by atoms with Crippen molar-refractivity contribution in [3.05, 3.63) is 54.1 Å². The van der Waals surface area contributed by atoms with E-state index in [4.69, 9.17) is 4.74 Å². The Bertz CT molecular complexity index is 797. The van der Waals surface area contributed by atoms with E-state index in [-0.39, 0.29) is 11.9 Å². The number of ether oxygens (including phenoxy) is 1. The molecule has 6 heteroatoms. The van der Waals surface area contributed by atoms with Crippen molar-refractivity contribution in [3.63, 3.8) is 0 Å². The van der Waals surface area contributed by atoms with Crippen molar-refractivity contribution >= 4 is 28.9 Å². The zero-order chi connectivity index (χ0) is 20.5. The highest BCUT2D eigenvalue weighted by molar-refractivity contribution is 5.91. The molecule has 0 radical (unpaired) electrons. The molecule has 154 valence electrons. The number of anilines is 3. The second-order valence-corrected chi connectivity index (χ2v) is 7.12. The summed E-state index contributed by atoms with van der Waals surface area (Å²) >= 11 is 0. The van der Waals surface area contributed by atoms with Crippen molar-refractivity contribution in [2.24, 2.45) is 0 Å². The normalized spacial score (nSPS) is 13.6. The van der Waals surface area contributed by atoms with Crippen molar-refractivity contribution in [1.82, 2.24) is 0 Å². The molecule has 1 aliphatic rings. The lowest BCUT2D eigenvalue weighted by atomic mass is 10.1. The number of hydrogen-bond donors (Lipinski definition) is 2. The zero-order valence-corrected chi connectivity index (χ0v) is 16.9. The maximum Gasteiger partial charge on any atom is 0.338 e. The number of rotatable bonds is 8. The molecule has 6 nitrogen and oxygen atoms in total. The minimum Gasteiger partial charge on any atom is -0.462 e. The van der Waals surface area contributed by atoms with E-state index >= 15 is 0 Å². The lowest BCUT2D eigenvalue weighted by molar-refractivity contribution is -0.115. The Kier molecular flexibility index (Phi) is 7.50. The molecular weight excluding hydrogens is 366 g/mol. The maximum absolute atomic E-state index is 12.2. The van der Waals surface area contributed by atoms with E-state index in [1.165, 1.54) is 24.9 Å².